The highest BCUT2D eigenvalue weighted by Gasteiger charge is 2.44. The van der Waals surface area contributed by atoms with Gasteiger partial charge in [-0.1, -0.05) is 49.9 Å². The Morgan fingerprint density at radius 3 is 2.68 bits per heavy atom. The van der Waals surface area contributed by atoms with Crippen LogP contribution in [-0.4, -0.2) is 31.4 Å². The Morgan fingerprint density at radius 1 is 1.10 bits per heavy atom. The highest BCUT2D eigenvalue weighted by molar-refractivity contribution is 8.14. The van der Waals surface area contributed by atoms with E-state index in [-0.39, 0.29) is 12.1 Å². The zero-order valence-electron chi connectivity index (χ0n) is 19.0. The highest BCUT2D eigenvalue weighted by atomic mass is 32.2. The minimum Gasteiger partial charge on any atom is -0.341 e. The first-order chi connectivity index (χ1) is 15.0. The van der Waals surface area contributed by atoms with Gasteiger partial charge in [0.25, 0.3) is 0 Å². The quantitative estimate of drug-likeness (QED) is 0.513. The molecular formula is C26H30N4S. The molecule has 3 atom stereocenters. The molecule has 2 aromatic heterocycles. The first kappa shape index (κ1) is 20.4. The normalized spacial score (nSPS) is 22.7. The van der Waals surface area contributed by atoms with Gasteiger partial charge in [-0.05, 0) is 62.1 Å². The van der Waals surface area contributed by atoms with Crippen LogP contribution in [0, 0.1) is 20.8 Å². The summed E-state index contributed by atoms with van der Waals surface area (Å²) in [5.41, 5.74) is 9.07. The molecule has 160 valence electrons. The first-order valence-electron chi connectivity index (χ1n) is 11.2. The van der Waals surface area contributed by atoms with Crippen LogP contribution in [0.25, 0.3) is 5.69 Å². The van der Waals surface area contributed by atoms with Crippen molar-refractivity contribution in [3.8, 4) is 5.69 Å². The molecule has 3 aromatic rings. The van der Waals surface area contributed by atoms with E-state index < -0.39 is 0 Å². The van der Waals surface area contributed by atoms with E-state index in [0.717, 1.165) is 18.7 Å². The second-order valence-corrected chi connectivity index (χ2v) is 10.1. The van der Waals surface area contributed by atoms with Crippen molar-refractivity contribution in [1.82, 2.24) is 14.5 Å². The maximum Gasteiger partial charge on any atom is 0.160 e. The van der Waals surface area contributed by atoms with Crippen molar-refractivity contribution >= 4 is 16.9 Å². The van der Waals surface area contributed by atoms with E-state index in [1.807, 2.05) is 24.0 Å². The molecule has 1 saturated heterocycles. The smallest absolute Gasteiger partial charge is 0.160 e. The monoisotopic (exact) mass is 430 g/mol. The van der Waals surface area contributed by atoms with Gasteiger partial charge in [0.15, 0.2) is 5.17 Å². The van der Waals surface area contributed by atoms with Crippen LogP contribution in [0.15, 0.2) is 53.7 Å². The number of hydrogen-bond acceptors (Lipinski definition) is 4. The Balaban J connectivity index is 1.66. The van der Waals surface area contributed by atoms with Gasteiger partial charge in [0.1, 0.15) is 6.04 Å². The van der Waals surface area contributed by atoms with E-state index in [9.17, 15) is 0 Å². The largest absolute Gasteiger partial charge is 0.341 e. The van der Waals surface area contributed by atoms with E-state index in [4.69, 9.17) is 9.98 Å². The van der Waals surface area contributed by atoms with Gasteiger partial charge in [0.05, 0.1) is 17.4 Å². The van der Waals surface area contributed by atoms with Crippen LogP contribution in [0.1, 0.15) is 59.7 Å². The summed E-state index contributed by atoms with van der Waals surface area (Å²) in [5, 5.41) is 1.74. The predicted molar refractivity (Wildman–Crippen MR) is 130 cm³/mol. The lowest BCUT2D eigenvalue weighted by Crippen LogP contribution is -2.29. The van der Waals surface area contributed by atoms with Crippen LogP contribution >= 0.6 is 11.8 Å². The molecule has 0 spiro atoms. The molecule has 2 aliphatic rings. The molecule has 1 aromatic carbocycles. The summed E-state index contributed by atoms with van der Waals surface area (Å²) in [7, 11) is 0. The lowest BCUT2D eigenvalue weighted by atomic mass is 9.96. The van der Waals surface area contributed by atoms with Gasteiger partial charge in [-0.15, -0.1) is 0 Å². The lowest BCUT2D eigenvalue weighted by Gasteiger charge is -2.27. The van der Waals surface area contributed by atoms with Crippen molar-refractivity contribution in [2.24, 2.45) is 4.99 Å². The molecule has 0 radical (unpaired) electrons. The lowest BCUT2D eigenvalue weighted by molar-refractivity contribution is 0.320. The molecule has 5 heteroatoms. The van der Waals surface area contributed by atoms with E-state index in [2.05, 4.69) is 80.5 Å². The molecule has 0 aliphatic carbocycles. The predicted octanol–water partition coefficient (Wildman–Crippen LogP) is 5.95. The molecule has 1 fully saturated rings. The highest BCUT2D eigenvalue weighted by Crippen LogP contribution is 2.49. The average Bonchev–Trinajstić information content (AvgIpc) is 3.38. The van der Waals surface area contributed by atoms with Crippen LogP contribution in [0.5, 0.6) is 0 Å². The second kappa shape index (κ2) is 7.86. The van der Waals surface area contributed by atoms with Gasteiger partial charge in [-0.3, -0.25) is 9.98 Å². The summed E-state index contributed by atoms with van der Waals surface area (Å²) in [5.74, 6) is 0. The molecule has 31 heavy (non-hydrogen) atoms. The molecule has 4 heterocycles. The zero-order valence-corrected chi connectivity index (χ0v) is 19.8. The standard InChI is InChI=1S/C26H30N4S/c1-6-20-11-9-10-16(2)24(20)30-17(3)14-21(19(30)5)25-23(22-12-7-8-13-27-22)28-26-29(25)15-18(4)31-26/h7-14,18,23,25H,6,15H2,1-5H3/t18-,23-,25+/m0/s1. The minimum atomic E-state index is 0.0349. The van der Waals surface area contributed by atoms with Crippen LogP contribution in [0.3, 0.4) is 0 Å². The van der Waals surface area contributed by atoms with Gasteiger partial charge in [-0.2, -0.15) is 0 Å². The molecule has 0 amide bonds. The summed E-state index contributed by atoms with van der Waals surface area (Å²) in [6, 6.07) is 15.4. The Labute approximate surface area is 189 Å². The number of aryl methyl sites for hydroxylation is 3. The number of thioether (sulfide) groups is 1. The minimum absolute atomic E-state index is 0.0349. The van der Waals surface area contributed by atoms with Crippen molar-refractivity contribution in [2.45, 2.75) is 58.4 Å². The Hall–Kier alpha value is -2.53. The average molecular weight is 431 g/mol. The topological polar surface area (TPSA) is 33.4 Å². The number of amidine groups is 1. The number of hydrogen-bond donors (Lipinski definition) is 0. The van der Waals surface area contributed by atoms with E-state index in [1.54, 1.807) is 0 Å². The van der Waals surface area contributed by atoms with E-state index >= 15 is 0 Å². The van der Waals surface area contributed by atoms with Crippen molar-refractivity contribution < 1.29 is 0 Å². The molecule has 0 bridgehead atoms. The number of pyridine rings is 1. The fraction of sp³-hybridized carbons (Fsp3) is 0.385. The molecule has 0 unspecified atom stereocenters. The van der Waals surface area contributed by atoms with Crippen LogP contribution < -0.4 is 0 Å². The Bertz CT molecular complexity index is 1150. The number of fused-ring (bicyclic) bond motifs is 1. The first-order valence-corrected chi connectivity index (χ1v) is 12.1. The summed E-state index contributed by atoms with van der Waals surface area (Å²) >= 11 is 1.90. The van der Waals surface area contributed by atoms with E-state index in [0.29, 0.717) is 5.25 Å². The third-order valence-corrected chi connectivity index (χ3v) is 7.70. The Kier molecular flexibility index (Phi) is 5.17. The summed E-state index contributed by atoms with van der Waals surface area (Å²) in [4.78, 5) is 12.4. The maximum atomic E-state index is 5.17. The van der Waals surface area contributed by atoms with Crippen molar-refractivity contribution in [1.29, 1.82) is 0 Å². The molecular weight excluding hydrogens is 400 g/mol. The molecule has 0 N–H and O–H groups in total. The molecule has 4 nitrogen and oxygen atoms in total. The van der Waals surface area contributed by atoms with Crippen molar-refractivity contribution in [3.63, 3.8) is 0 Å². The number of rotatable bonds is 4. The number of aliphatic imine (C=N–C) groups is 1. The van der Waals surface area contributed by atoms with Crippen molar-refractivity contribution in [2.75, 3.05) is 6.54 Å². The number of nitrogens with zero attached hydrogens (tertiary/aromatic N) is 4. The van der Waals surface area contributed by atoms with Crippen molar-refractivity contribution in [3.05, 3.63) is 82.4 Å². The fourth-order valence-corrected chi connectivity index (χ4v) is 6.30. The Morgan fingerprint density at radius 2 is 1.94 bits per heavy atom. The number of aromatic nitrogens is 2. The SMILES string of the molecule is CCc1cccc(C)c1-n1c(C)cc([C@@H]2[C@H](c3ccccn3)N=C3S[C@@H](C)CN32)c1C. The summed E-state index contributed by atoms with van der Waals surface area (Å²) in [6.07, 6.45) is 2.91. The molecule has 0 saturated carbocycles. The third kappa shape index (κ3) is 3.30. The van der Waals surface area contributed by atoms with Gasteiger partial charge in [0, 0.05) is 29.4 Å². The van der Waals surface area contributed by atoms with Gasteiger partial charge >= 0.3 is 0 Å². The second-order valence-electron chi connectivity index (χ2n) is 8.73. The zero-order chi connectivity index (χ0) is 21.7. The molecule has 2 aliphatic heterocycles. The van der Waals surface area contributed by atoms with Crippen LogP contribution in [0.4, 0.5) is 0 Å². The third-order valence-electron chi connectivity index (χ3n) is 6.60. The van der Waals surface area contributed by atoms with Crippen LogP contribution in [-0.2, 0) is 6.42 Å². The summed E-state index contributed by atoms with van der Waals surface area (Å²) in [6.45, 7) is 12.3. The maximum absolute atomic E-state index is 5.17. The van der Waals surface area contributed by atoms with Gasteiger partial charge in [0.2, 0.25) is 0 Å². The summed E-state index contributed by atoms with van der Waals surface area (Å²) < 4.78 is 2.46. The number of benzene rings is 1. The number of para-hydroxylation sites is 1. The fourth-order valence-electron chi connectivity index (χ4n) is 5.21. The molecule has 5 rings (SSSR count). The van der Waals surface area contributed by atoms with Crippen LogP contribution in [0.2, 0.25) is 0 Å². The van der Waals surface area contributed by atoms with Gasteiger partial charge in [-0.25, -0.2) is 0 Å². The van der Waals surface area contributed by atoms with Gasteiger partial charge < -0.3 is 9.47 Å². The van der Waals surface area contributed by atoms with E-state index in [1.165, 1.54) is 38.9 Å².